The van der Waals surface area contributed by atoms with E-state index in [4.69, 9.17) is 21.1 Å². The maximum absolute atomic E-state index is 11.6. The minimum absolute atomic E-state index is 0.0431. The Balaban J connectivity index is 2.04. The molecule has 1 aromatic rings. The molecular weight excluding hydrogens is 262 g/mol. The first-order valence-electron chi connectivity index (χ1n) is 5.12. The van der Waals surface area contributed by atoms with Crippen molar-refractivity contribution in [3.8, 4) is 11.5 Å². The van der Waals surface area contributed by atoms with Crippen molar-refractivity contribution >= 4 is 23.3 Å². The fourth-order valence-electron chi connectivity index (χ4n) is 1.42. The van der Waals surface area contributed by atoms with E-state index in [-0.39, 0.29) is 19.2 Å². The number of urea groups is 1. The van der Waals surface area contributed by atoms with E-state index in [0.717, 1.165) is 0 Å². The van der Waals surface area contributed by atoms with Crippen molar-refractivity contribution < 1.29 is 14.3 Å². The molecule has 1 aromatic carbocycles. The molecule has 0 unspecified atom stereocenters. The largest absolute Gasteiger partial charge is 0.454 e. The molecule has 7 nitrogen and oxygen atoms in total. The molecule has 0 radical (unpaired) electrons. The minimum atomic E-state index is -0.649. The number of hydrogen-bond donors (Lipinski definition) is 1. The summed E-state index contributed by atoms with van der Waals surface area (Å²) in [6.45, 7) is 0.197. The number of hydrogen-bond acceptors (Lipinski definition) is 5. The number of carbonyl (C=O) groups excluding carboxylic acids is 1. The van der Waals surface area contributed by atoms with Crippen molar-refractivity contribution in [2.45, 2.75) is 0 Å². The Bertz CT molecular complexity index is 468. The van der Waals surface area contributed by atoms with Crippen LogP contribution in [0.3, 0.4) is 0 Å². The zero-order chi connectivity index (χ0) is 13.0. The molecule has 0 atom stereocenters. The summed E-state index contributed by atoms with van der Waals surface area (Å²) >= 11 is 5.44. The highest BCUT2D eigenvalue weighted by molar-refractivity contribution is 6.18. The summed E-state index contributed by atoms with van der Waals surface area (Å²) in [6, 6.07) is 4.25. The number of nitrogens with zero attached hydrogens (tertiary/aromatic N) is 2. The van der Waals surface area contributed by atoms with Crippen molar-refractivity contribution in [3.63, 3.8) is 0 Å². The summed E-state index contributed by atoms with van der Waals surface area (Å²) in [4.78, 5) is 22.0. The molecule has 0 aliphatic carbocycles. The molecule has 0 saturated heterocycles. The van der Waals surface area contributed by atoms with Crippen molar-refractivity contribution in [1.29, 1.82) is 0 Å². The van der Waals surface area contributed by atoms with E-state index in [1.54, 1.807) is 18.2 Å². The summed E-state index contributed by atoms with van der Waals surface area (Å²) in [5.41, 5.74) is 0.479. The van der Waals surface area contributed by atoms with Gasteiger partial charge in [0.2, 0.25) is 6.79 Å². The molecular formula is C10H10ClN3O4. The van der Waals surface area contributed by atoms with Crippen molar-refractivity contribution in [2.24, 2.45) is 5.29 Å². The number of rotatable bonds is 4. The zero-order valence-electron chi connectivity index (χ0n) is 9.26. The normalized spacial score (nSPS) is 12.1. The number of halogens is 1. The Morgan fingerprint density at radius 1 is 1.44 bits per heavy atom. The van der Waals surface area contributed by atoms with E-state index in [2.05, 4.69) is 10.6 Å². The highest BCUT2D eigenvalue weighted by Gasteiger charge is 2.17. The Morgan fingerprint density at radius 2 is 2.22 bits per heavy atom. The number of fused-ring (bicyclic) bond motifs is 1. The number of ether oxygens (including phenoxy) is 2. The van der Waals surface area contributed by atoms with Crippen LogP contribution >= 0.6 is 11.6 Å². The van der Waals surface area contributed by atoms with Crippen molar-refractivity contribution in [3.05, 3.63) is 23.1 Å². The van der Waals surface area contributed by atoms with E-state index < -0.39 is 6.03 Å². The van der Waals surface area contributed by atoms with Gasteiger partial charge in [-0.15, -0.1) is 16.5 Å². The van der Waals surface area contributed by atoms with Crippen molar-refractivity contribution in [2.75, 3.05) is 24.5 Å². The molecule has 0 spiro atoms. The van der Waals surface area contributed by atoms with E-state index in [9.17, 15) is 9.70 Å². The molecule has 1 N–H and O–H groups in total. The van der Waals surface area contributed by atoms with Crippen molar-refractivity contribution in [1.82, 2.24) is 5.01 Å². The third kappa shape index (κ3) is 2.62. The standard InChI is InChI=1S/C10H10ClN3O4/c11-3-4-14(13-16)10(15)12-7-1-2-8-9(5-7)18-6-17-8/h1-2,5H,3-4,6H2,(H,12,15). The van der Waals surface area contributed by atoms with E-state index in [1.165, 1.54) is 0 Å². The number of nitrogens with one attached hydrogen (secondary N) is 1. The first kappa shape index (κ1) is 12.4. The van der Waals surface area contributed by atoms with Gasteiger partial charge in [-0.3, -0.25) is 0 Å². The zero-order valence-corrected chi connectivity index (χ0v) is 10.0. The lowest BCUT2D eigenvalue weighted by atomic mass is 10.3. The van der Waals surface area contributed by atoms with Crippen LogP contribution in [0.2, 0.25) is 0 Å². The number of alkyl halides is 1. The third-order valence-electron chi connectivity index (χ3n) is 2.25. The first-order valence-corrected chi connectivity index (χ1v) is 5.65. The Labute approximate surface area is 108 Å². The molecule has 0 bridgehead atoms. The van der Waals surface area contributed by atoms with Crippen LogP contribution in [-0.2, 0) is 0 Å². The molecule has 0 saturated carbocycles. The molecule has 2 rings (SSSR count). The Morgan fingerprint density at radius 3 is 2.94 bits per heavy atom. The quantitative estimate of drug-likeness (QED) is 0.517. The lowest BCUT2D eigenvalue weighted by Gasteiger charge is -2.12. The van der Waals surface area contributed by atoms with Gasteiger partial charge in [-0.2, -0.15) is 5.01 Å². The van der Waals surface area contributed by atoms with Gasteiger partial charge in [0.25, 0.3) is 0 Å². The van der Waals surface area contributed by atoms with E-state index in [1.807, 2.05) is 0 Å². The van der Waals surface area contributed by atoms with Crippen LogP contribution in [0, 0.1) is 4.91 Å². The van der Waals surface area contributed by atoms with Crippen LogP contribution in [0.5, 0.6) is 11.5 Å². The maximum Gasteiger partial charge on any atom is 0.344 e. The topological polar surface area (TPSA) is 80.2 Å². The van der Waals surface area contributed by atoms with Gasteiger partial charge in [0.15, 0.2) is 11.5 Å². The summed E-state index contributed by atoms with van der Waals surface area (Å²) < 4.78 is 10.3. The average Bonchev–Trinajstić information content (AvgIpc) is 2.83. The predicted molar refractivity (Wildman–Crippen MR) is 64.8 cm³/mol. The number of carbonyl (C=O) groups is 1. The van der Waals surface area contributed by atoms with Gasteiger partial charge in [0.1, 0.15) is 0 Å². The minimum Gasteiger partial charge on any atom is -0.454 e. The monoisotopic (exact) mass is 271 g/mol. The van der Waals surface area contributed by atoms with Gasteiger partial charge in [0.05, 0.1) is 11.8 Å². The number of anilines is 1. The van der Waals surface area contributed by atoms with Gasteiger partial charge in [-0.25, -0.2) is 4.79 Å². The lowest BCUT2D eigenvalue weighted by Crippen LogP contribution is -2.31. The van der Waals surface area contributed by atoms with E-state index >= 15 is 0 Å². The molecule has 1 aliphatic rings. The third-order valence-corrected chi connectivity index (χ3v) is 2.42. The average molecular weight is 272 g/mol. The van der Waals surface area contributed by atoms with E-state index in [0.29, 0.717) is 22.2 Å². The second-order valence-electron chi connectivity index (χ2n) is 3.39. The molecule has 0 fully saturated rings. The fraction of sp³-hybridized carbons (Fsp3) is 0.300. The van der Waals surface area contributed by atoms with Gasteiger partial charge < -0.3 is 14.8 Å². The SMILES string of the molecule is O=NN(CCCl)C(=O)Nc1ccc2c(c1)OCO2. The van der Waals surface area contributed by atoms with Crippen LogP contribution < -0.4 is 14.8 Å². The summed E-state index contributed by atoms with van der Waals surface area (Å²) in [7, 11) is 0. The molecule has 1 heterocycles. The molecule has 2 amide bonds. The second kappa shape index (κ2) is 5.54. The maximum atomic E-state index is 11.6. The fourth-order valence-corrected chi connectivity index (χ4v) is 1.58. The van der Waals surface area contributed by atoms with Crippen LogP contribution in [0.1, 0.15) is 0 Å². The second-order valence-corrected chi connectivity index (χ2v) is 3.77. The first-order chi connectivity index (χ1) is 8.74. The Hall–Kier alpha value is -2.02. The smallest absolute Gasteiger partial charge is 0.344 e. The number of amides is 2. The van der Waals surface area contributed by atoms with Gasteiger partial charge in [-0.05, 0) is 12.1 Å². The summed E-state index contributed by atoms with van der Waals surface area (Å²) in [5.74, 6) is 1.27. The predicted octanol–water partition coefficient (Wildman–Crippen LogP) is 2.17. The molecule has 18 heavy (non-hydrogen) atoms. The van der Waals surface area contributed by atoms with Gasteiger partial charge in [0, 0.05) is 17.6 Å². The highest BCUT2D eigenvalue weighted by Crippen LogP contribution is 2.34. The lowest BCUT2D eigenvalue weighted by molar-refractivity contribution is 0.174. The Kier molecular flexibility index (Phi) is 3.83. The molecule has 0 aromatic heterocycles. The highest BCUT2D eigenvalue weighted by atomic mass is 35.5. The number of benzene rings is 1. The van der Waals surface area contributed by atoms with Gasteiger partial charge >= 0.3 is 6.03 Å². The van der Waals surface area contributed by atoms with Crippen LogP contribution in [0.4, 0.5) is 10.5 Å². The van der Waals surface area contributed by atoms with Crippen LogP contribution in [0.25, 0.3) is 0 Å². The summed E-state index contributed by atoms with van der Waals surface area (Å²) in [5, 5.41) is 5.79. The van der Waals surface area contributed by atoms with Crippen LogP contribution in [-0.4, -0.2) is 30.3 Å². The number of nitroso groups, excluding NO2 is 1. The van der Waals surface area contributed by atoms with Gasteiger partial charge in [-0.1, -0.05) is 0 Å². The molecule has 1 aliphatic heterocycles. The molecule has 96 valence electrons. The van der Waals surface area contributed by atoms with Crippen LogP contribution in [0.15, 0.2) is 23.5 Å². The molecule has 8 heteroatoms. The summed E-state index contributed by atoms with van der Waals surface area (Å²) in [6.07, 6.45) is 0.